The highest BCUT2D eigenvalue weighted by Gasteiger charge is 2.30. The van der Waals surface area contributed by atoms with Gasteiger partial charge in [-0.05, 0) is 56.7 Å². The van der Waals surface area contributed by atoms with Crippen LogP contribution in [0.4, 0.5) is 9.18 Å². The number of hydrogen-bond donors (Lipinski definition) is 0. The fourth-order valence-electron chi connectivity index (χ4n) is 3.16. The minimum Gasteiger partial charge on any atom is -0.453 e. The Kier molecular flexibility index (Phi) is 5.97. The second-order valence-corrected chi connectivity index (χ2v) is 10.5. The van der Waals surface area contributed by atoms with Gasteiger partial charge in [-0.2, -0.15) is 0 Å². The summed E-state index contributed by atoms with van der Waals surface area (Å²) in [7, 11) is -2.76. The van der Waals surface area contributed by atoms with Crippen LogP contribution in [0.15, 0.2) is 58.0 Å². The van der Waals surface area contributed by atoms with Crippen molar-refractivity contribution in [3.63, 3.8) is 0 Å². The lowest BCUT2D eigenvalue weighted by atomic mass is 10.0. The number of ether oxygens (including phenoxy) is 1. The van der Waals surface area contributed by atoms with Crippen LogP contribution in [0.2, 0.25) is 0 Å². The van der Waals surface area contributed by atoms with Crippen LogP contribution in [0.5, 0.6) is 0 Å². The maximum atomic E-state index is 13.7. The van der Waals surface area contributed by atoms with Crippen molar-refractivity contribution in [3.05, 3.63) is 64.5 Å². The largest absolute Gasteiger partial charge is 0.453 e. The molecule has 2 aromatic carbocycles. The minimum absolute atomic E-state index is 0.139. The molecule has 0 unspecified atom stereocenters. The van der Waals surface area contributed by atoms with Gasteiger partial charge in [-0.15, -0.1) is 0 Å². The number of methoxy groups -OCH3 is 1. The first-order chi connectivity index (χ1) is 13.9. The van der Waals surface area contributed by atoms with Gasteiger partial charge in [-0.25, -0.2) is 21.6 Å². The van der Waals surface area contributed by atoms with Gasteiger partial charge in [0.05, 0.1) is 24.1 Å². The zero-order chi connectivity index (χ0) is 22.3. The first-order valence-corrected chi connectivity index (χ1v) is 11.3. The van der Waals surface area contributed by atoms with E-state index in [9.17, 15) is 17.6 Å². The van der Waals surface area contributed by atoms with E-state index >= 15 is 0 Å². The van der Waals surface area contributed by atoms with Gasteiger partial charge in [0.15, 0.2) is 0 Å². The van der Waals surface area contributed by atoms with Gasteiger partial charge < -0.3 is 4.74 Å². The molecule has 1 amide bonds. The van der Waals surface area contributed by atoms with E-state index in [2.05, 4.69) is 15.9 Å². The van der Waals surface area contributed by atoms with E-state index in [1.54, 1.807) is 18.2 Å². The molecule has 6 nitrogen and oxygen atoms in total. The van der Waals surface area contributed by atoms with E-state index in [1.165, 1.54) is 36.4 Å². The third-order valence-electron chi connectivity index (χ3n) is 4.70. The van der Waals surface area contributed by atoms with Gasteiger partial charge in [0, 0.05) is 21.6 Å². The van der Waals surface area contributed by atoms with Crippen molar-refractivity contribution in [3.8, 4) is 0 Å². The smallest absolute Gasteiger partial charge is 0.410 e. The van der Waals surface area contributed by atoms with Crippen molar-refractivity contribution in [1.29, 1.82) is 0 Å². The Morgan fingerprint density at radius 1 is 1.20 bits per heavy atom. The quantitative estimate of drug-likeness (QED) is 0.500. The Balaban J connectivity index is 2.21. The molecule has 0 aliphatic carbocycles. The first-order valence-electron chi connectivity index (χ1n) is 9.11. The molecule has 0 spiro atoms. The molecule has 30 heavy (non-hydrogen) atoms. The fourth-order valence-corrected chi connectivity index (χ4v) is 4.93. The van der Waals surface area contributed by atoms with Crippen molar-refractivity contribution in [2.75, 3.05) is 7.11 Å². The molecule has 0 aliphatic heterocycles. The molecular formula is C21H22BrFN2O4S. The molecule has 0 fully saturated rings. The van der Waals surface area contributed by atoms with Gasteiger partial charge in [-0.1, -0.05) is 28.1 Å². The van der Waals surface area contributed by atoms with E-state index < -0.39 is 27.5 Å². The van der Waals surface area contributed by atoms with Gasteiger partial charge in [0.1, 0.15) is 5.82 Å². The summed E-state index contributed by atoms with van der Waals surface area (Å²) in [6.07, 6.45) is 0.951. The van der Waals surface area contributed by atoms with Crippen molar-refractivity contribution >= 4 is 42.9 Å². The van der Waals surface area contributed by atoms with Crippen LogP contribution in [0.3, 0.4) is 0 Å². The monoisotopic (exact) mass is 496 g/mol. The fraction of sp³-hybridized carbons (Fsp3) is 0.286. The number of hydrogen-bond acceptors (Lipinski definition) is 4. The molecule has 3 rings (SSSR count). The molecule has 0 N–H and O–H groups in total. The summed E-state index contributed by atoms with van der Waals surface area (Å²) < 4.78 is 47.0. The number of benzene rings is 2. The van der Waals surface area contributed by atoms with Crippen LogP contribution >= 0.6 is 15.9 Å². The lowest BCUT2D eigenvalue weighted by Crippen LogP contribution is -2.44. The predicted octanol–water partition coefficient (Wildman–Crippen LogP) is 5.15. The van der Waals surface area contributed by atoms with Crippen LogP contribution in [-0.4, -0.2) is 36.0 Å². The summed E-state index contributed by atoms with van der Waals surface area (Å²) in [5.74, 6) is -0.640. The van der Waals surface area contributed by atoms with Crippen LogP contribution in [0.1, 0.15) is 26.3 Å². The SMILES string of the molecule is COC(=O)N(Cc1cn(S(=O)(=O)c2cccc(F)c2)c2cc(Br)ccc12)C(C)(C)C. The molecular weight excluding hydrogens is 475 g/mol. The number of carbonyl (C=O) groups is 1. The maximum Gasteiger partial charge on any atom is 0.410 e. The molecule has 9 heteroatoms. The van der Waals surface area contributed by atoms with Crippen LogP contribution in [-0.2, 0) is 21.3 Å². The van der Waals surface area contributed by atoms with E-state index in [0.29, 0.717) is 20.9 Å². The normalized spacial score (nSPS) is 12.2. The summed E-state index contributed by atoms with van der Waals surface area (Å²) in [5.41, 5.74) is 0.485. The van der Waals surface area contributed by atoms with Crippen LogP contribution in [0, 0.1) is 5.82 Å². The van der Waals surface area contributed by atoms with Gasteiger partial charge in [-0.3, -0.25) is 4.90 Å². The number of nitrogens with zero attached hydrogens (tertiary/aromatic N) is 2. The molecule has 0 radical (unpaired) electrons. The third kappa shape index (κ3) is 4.22. The van der Waals surface area contributed by atoms with E-state index in [-0.39, 0.29) is 11.4 Å². The second kappa shape index (κ2) is 8.03. The number of aromatic nitrogens is 1. The number of rotatable bonds is 4. The summed E-state index contributed by atoms with van der Waals surface area (Å²) in [6.45, 7) is 5.73. The Morgan fingerprint density at radius 3 is 2.50 bits per heavy atom. The Bertz CT molecular complexity index is 1220. The first kappa shape index (κ1) is 22.3. The molecule has 160 valence electrons. The maximum absolute atomic E-state index is 13.7. The van der Waals surface area contributed by atoms with Gasteiger partial charge >= 0.3 is 6.09 Å². The van der Waals surface area contributed by atoms with E-state index in [1.807, 2.05) is 20.8 Å². The van der Waals surface area contributed by atoms with Crippen molar-refractivity contribution in [2.24, 2.45) is 0 Å². The molecule has 1 aromatic heterocycles. The third-order valence-corrected chi connectivity index (χ3v) is 6.87. The minimum atomic E-state index is -4.06. The van der Waals surface area contributed by atoms with Crippen LogP contribution in [0.25, 0.3) is 10.9 Å². The van der Waals surface area contributed by atoms with Gasteiger partial charge in [0.25, 0.3) is 10.0 Å². The number of fused-ring (bicyclic) bond motifs is 1. The van der Waals surface area contributed by atoms with E-state index in [4.69, 9.17) is 4.74 Å². The highest BCUT2D eigenvalue weighted by molar-refractivity contribution is 9.10. The predicted molar refractivity (Wildman–Crippen MR) is 116 cm³/mol. The summed E-state index contributed by atoms with van der Waals surface area (Å²) in [6, 6.07) is 10.1. The van der Waals surface area contributed by atoms with Crippen molar-refractivity contribution < 1.29 is 22.3 Å². The Labute approximate surface area is 183 Å². The lowest BCUT2D eigenvalue weighted by Gasteiger charge is -2.34. The topological polar surface area (TPSA) is 68.6 Å². The van der Waals surface area contributed by atoms with Gasteiger partial charge in [0.2, 0.25) is 0 Å². The highest BCUT2D eigenvalue weighted by atomic mass is 79.9. The zero-order valence-electron chi connectivity index (χ0n) is 17.0. The molecule has 3 aromatic rings. The average molecular weight is 497 g/mol. The Morgan fingerprint density at radius 2 is 1.90 bits per heavy atom. The molecule has 1 heterocycles. The highest BCUT2D eigenvalue weighted by Crippen LogP contribution is 2.31. The summed E-state index contributed by atoms with van der Waals surface area (Å²) in [4.78, 5) is 13.7. The number of halogens is 2. The molecule has 0 bridgehead atoms. The number of amides is 1. The molecule has 0 atom stereocenters. The van der Waals surface area contributed by atoms with E-state index in [0.717, 1.165) is 10.0 Å². The standard InChI is InChI=1S/C21H22BrFN2O4S/c1-21(2,3)24(20(26)29-4)12-14-13-25(19-10-15(22)8-9-18(14)19)30(27,28)17-7-5-6-16(23)11-17/h5-11,13H,12H2,1-4H3. The lowest BCUT2D eigenvalue weighted by molar-refractivity contribution is 0.0795. The van der Waals surface area contributed by atoms with Crippen LogP contribution < -0.4 is 0 Å². The average Bonchev–Trinajstić information content (AvgIpc) is 3.03. The summed E-state index contributed by atoms with van der Waals surface area (Å²) >= 11 is 3.37. The second-order valence-electron chi connectivity index (χ2n) is 7.80. The summed E-state index contributed by atoms with van der Waals surface area (Å²) in [5, 5.41) is 0.663. The van der Waals surface area contributed by atoms with Crippen molar-refractivity contribution in [2.45, 2.75) is 37.8 Å². The van der Waals surface area contributed by atoms with Crippen molar-refractivity contribution in [1.82, 2.24) is 8.87 Å². The Hall–Kier alpha value is -2.39. The molecule has 0 saturated heterocycles. The molecule has 0 aliphatic rings. The zero-order valence-corrected chi connectivity index (χ0v) is 19.4. The molecule has 0 saturated carbocycles. The number of carbonyl (C=O) groups excluding carboxylic acids is 1.